The molecule has 6 heteroatoms. The van der Waals surface area contributed by atoms with Crippen molar-refractivity contribution in [2.24, 2.45) is 0 Å². The van der Waals surface area contributed by atoms with E-state index >= 15 is 0 Å². The Labute approximate surface area is 134 Å². The van der Waals surface area contributed by atoms with E-state index < -0.39 is 10.0 Å². The maximum Gasteiger partial charge on any atom is 0.243 e. The molecule has 1 fully saturated rings. The zero-order chi connectivity index (χ0) is 14.9. The first-order valence-electron chi connectivity index (χ1n) is 6.81. The normalized spacial score (nSPS) is 15.5. The van der Waals surface area contributed by atoms with Gasteiger partial charge in [0.1, 0.15) is 0 Å². The number of nitrogens with zero attached hydrogens (tertiary/aromatic N) is 1. The van der Waals surface area contributed by atoms with Crippen molar-refractivity contribution in [1.82, 2.24) is 4.31 Å². The van der Waals surface area contributed by atoms with Gasteiger partial charge in [0, 0.05) is 23.3 Å². The largest absolute Gasteiger partial charge is 0.243 e. The van der Waals surface area contributed by atoms with Crippen LogP contribution in [0.5, 0.6) is 0 Å². The fourth-order valence-corrected chi connectivity index (χ4v) is 5.30. The second kappa shape index (κ2) is 6.08. The van der Waals surface area contributed by atoms with Gasteiger partial charge in [0.05, 0.1) is 4.90 Å². The highest BCUT2D eigenvalue weighted by molar-refractivity contribution is 7.89. The summed E-state index contributed by atoms with van der Waals surface area (Å²) in [6.45, 7) is 0.446. The molecule has 3 nitrogen and oxygen atoms in total. The molecule has 1 aromatic carbocycles. The predicted molar refractivity (Wildman–Crippen MR) is 86.1 cm³/mol. The average Bonchev–Trinajstić information content (AvgIpc) is 3.20. The van der Waals surface area contributed by atoms with E-state index in [2.05, 4.69) is 0 Å². The smallest absolute Gasteiger partial charge is 0.207 e. The minimum atomic E-state index is -3.50. The highest BCUT2D eigenvalue weighted by atomic mass is 35.5. The van der Waals surface area contributed by atoms with Crippen LogP contribution in [0.1, 0.15) is 23.3 Å². The van der Waals surface area contributed by atoms with E-state index in [0.29, 0.717) is 17.0 Å². The Morgan fingerprint density at radius 1 is 1.19 bits per heavy atom. The zero-order valence-corrected chi connectivity index (χ0v) is 13.8. The molecule has 1 aliphatic rings. The monoisotopic (exact) mass is 341 g/mol. The summed E-state index contributed by atoms with van der Waals surface area (Å²) in [6.07, 6.45) is 1.88. The summed E-state index contributed by atoms with van der Waals surface area (Å²) in [6, 6.07) is 11.0. The molecule has 2 aromatic rings. The van der Waals surface area contributed by atoms with E-state index in [1.807, 2.05) is 23.6 Å². The molecule has 0 unspecified atom stereocenters. The topological polar surface area (TPSA) is 37.4 Å². The minimum Gasteiger partial charge on any atom is -0.207 e. The summed E-state index contributed by atoms with van der Waals surface area (Å²) in [4.78, 5) is 1.40. The van der Waals surface area contributed by atoms with Gasteiger partial charge in [-0.2, -0.15) is 4.31 Å². The van der Waals surface area contributed by atoms with Crippen LogP contribution in [0, 0.1) is 0 Å². The van der Waals surface area contributed by atoms with Gasteiger partial charge in [-0.05, 0) is 35.9 Å². The summed E-state index contributed by atoms with van der Waals surface area (Å²) in [5, 5.41) is 1.97. The van der Waals surface area contributed by atoms with Gasteiger partial charge < -0.3 is 0 Å². The lowest BCUT2D eigenvalue weighted by atomic mass is 10.2. The summed E-state index contributed by atoms with van der Waals surface area (Å²) < 4.78 is 27.6. The second-order valence-corrected chi connectivity index (χ2v) is 8.26. The standard InChI is InChI=1S/C15H16ClNO2S2/c16-10-12-4-1-2-6-15(12)21(18,19)17(13-7-8-13)11-14-5-3-9-20-14/h1-6,9,13H,7-8,10-11H2. The van der Waals surface area contributed by atoms with Crippen molar-refractivity contribution in [1.29, 1.82) is 0 Å². The lowest BCUT2D eigenvalue weighted by Gasteiger charge is -2.22. The number of benzene rings is 1. The molecule has 3 rings (SSSR count). The maximum atomic E-state index is 13.0. The van der Waals surface area contributed by atoms with Gasteiger partial charge in [0.15, 0.2) is 0 Å². The van der Waals surface area contributed by atoms with Crippen molar-refractivity contribution in [2.75, 3.05) is 0 Å². The Bertz CT molecular complexity index is 709. The van der Waals surface area contributed by atoms with Gasteiger partial charge in [-0.1, -0.05) is 24.3 Å². The van der Waals surface area contributed by atoms with E-state index in [4.69, 9.17) is 11.6 Å². The third-order valence-corrected chi connectivity index (χ3v) is 6.70. The van der Waals surface area contributed by atoms with Crippen molar-refractivity contribution in [2.45, 2.75) is 36.2 Å². The van der Waals surface area contributed by atoms with E-state index in [0.717, 1.165) is 17.7 Å². The van der Waals surface area contributed by atoms with Gasteiger partial charge in [-0.25, -0.2) is 8.42 Å². The first kappa shape index (κ1) is 15.0. The van der Waals surface area contributed by atoms with Crippen LogP contribution in [0.15, 0.2) is 46.7 Å². The van der Waals surface area contributed by atoms with Gasteiger partial charge in [0.2, 0.25) is 10.0 Å². The van der Waals surface area contributed by atoms with Crippen molar-refractivity contribution in [3.63, 3.8) is 0 Å². The van der Waals surface area contributed by atoms with Crippen LogP contribution >= 0.6 is 22.9 Å². The van der Waals surface area contributed by atoms with Crippen LogP contribution in [0.2, 0.25) is 0 Å². The van der Waals surface area contributed by atoms with Gasteiger partial charge >= 0.3 is 0 Å². The molecular weight excluding hydrogens is 326 g/mol. The van der Waals surface area contributed by atoms with Gasteiger partial charge in [0.25, 0.3) is 0 Å². The van der Waals surface area contributed by atoms with Crippen molar-refractivity contribution in [3.05, 3.63) is 52.2 Å². The van der Waals surface area contributed by atoms with Crippen LogP contribution in [0.3, 0.4) is 0 Å². The second-order valence-electron chi connectivity index (χ2n) is 5.10. The fourth-order valence-electron chi connectivity index (χ4n) is 2.32. The quantitative estimate of drug-likeness (QED) is 0.748. The summed E-state index contributed by atoms with van der Waals surface area (Å²) in [7, 11) is -3.50. The molecule has 0 radical (unpaired) electrons. The molecule has 0 N–H and O–H groups in total. The number of rotatable bonds is 6. The first-order chi connectivity index (χ1) is 10.1. The first-order valence-corrected chi connectivity index (χ1v) is 9.66. The molecule has 1 aromatic heterocycles. The van der Waals surface area contributed by atoms with Crippen LogP contribution in [0.4, 0.5) is 0 Å². The van der Waals surface area contributed by atoms with E-state index in [-0.39, 0.29) is 11.9 Å². The average molecular weight is 342 g/mol. The molecule has 0 saturated heterocycles. The lowest BCUT2D eigenvalue weighted by Crippen LogP contribution is -2.33. The molecule has 1 heterocycles. The van der Waals surface area contributed by atoms with E-state index in [1.165, 1.54) is 0 Å². The minimum absolute atomic E-state index is 0.125. The zero-order valence-electron chi connectivity index (χ0n) is 11.4. The molecule has 0 atom stereocenters. The number of hydrogen-bond donors (Lipinski definition) is 0. The molecule has 0 spiro atoms. The Morgan fingerprint density at radius 3 is 2.57 bits per heavy atom. The number of alkyl halides is 1. The summed E-state index contributed by atoms with van der Waals surface area (Å²) in [5.74, 6) is 0.201. The van der Waals surface area contributed by atoms with Gasteiger partial charge in [-0.15, -0.1) is 22.9 Å². The fraction of sp³-hybridized carbons (Fsp3) is 0.333. The molecule has 1 aliphatic carbocycles. The number of halogens is 1. The highest BCUT2D eigenvalue weighted by Crippen LogP contribution is 2.35. The molecule has 21 heavy (non-hydrogen) atoms. The van der Waals surface area contributed by atoms with Gasteiger partial charge in [-0.3, -0.25) is 0 Å². The van der Waals surface area contributed by atoms with Crippen molar-refractivity contribution < 1.29 is 8.42 Å². The highest BCUT2D eigenvalue weighted by Gasteiger charge is 2.38. The van der Waals surface area contributed by atoms with Crippen molar-refractivity contribution in [3.8, 4) is 0 Å². The summed E-state index contributed by atoms with van der Waals surface area (Å²) in [5.41, 5.74) is 0.663. The van der Waals surface area contributed by atoms with Crippen molar-refractivity contribution >= 4 is 33.0 Å². The third-order valence-electron chi connectivity index (χ3n) is 3.55. The Morgan fingerprint density at radius 2 is 1.95 bits per heavy atom. The molecule has 112 valence electrons. The number of thiophene rings is 1. The SMILES string of the molecule is O=S(=O)(c1ccccc1CCl)N(Cc1cccs1)C1CC1. The summed E-state index contributed by atoms with van der Waals surface area (Å²) >= 11 is 7.49. The lowest BCUT2D eigenvalue weighted by molar-refractivity contribution is 0.401. The Hall–Kier alpha value is -0.880. The van der Waals surface area contributed by atoms with Crippen LogP contribution < -0.4 is 0 Å². The van der Waals surface area contributed by atoms with Crippen LogP contribution in [-0.4, -0.2) is 18.8 Å². The number of hydrogen-bond acceptors (Lipinski definition) is 3. The Kier molecular flexibility index (Phi) is 4.36. The molecular formula is C15H16ClNO2S2. The Balaban J connectivity index is 1.97. The third kappa shape index (κ3) is 3.16. The van der Waals surface area contributed by atoms with E-state index in [1.54, 1.807) is 33.8 Å². The van der Waals surface area contributed by atoms with E-state index in [9.17, 15) is 8.42 Å². The molecule has 0 aliphatic heterocycles. The van der Waals surface area contributed by atoms with Crippen LogP contribution in [0.25, 0.3) is 0 Å². The predicted octanol–water partition coefficient (Wildman–Crippen LogP) is 3.84. The molecule has 0 amide bonds. The van der Waals surface area contributed by atoms with Crippen LogP contribution in [-0.2, 0) is 22.4 Å². The maximum absolute atomic E-state index is 13.0. The number of sulfonamides is 1. The molecule has 0 bridgehead atoms. The molecule has 1 saturated carbocycles.